The molecule has 1 N–H and O–H groups in total. The molecule has 106 valence electrons. The predicted molar refractivity (Wildman–Crippen MR) is 80.1 cm³/mol. The molecule has 0 bridgehead atoms. The molecule has 1 saturated carbocycles. The molecule has 1 aliphatic carbocycles. The molecule has 1 fully saturated rings. The highest BCUT2D eigenvalue weighted by atomic mass is 16.3. The first-order valence-corrected chi connectivity index (χ1v) is 7.21. The molecule has 5 heteroatoms. The van der Waals surface area contributed by atoms with Crippen LogP contribution in [0.25, 0.3) is 11.1 Å². The van der Waals surface area contributed by atoms with Gasteiger partial charge >= 0.3 is 0 Å². The maximum absolute atomic E-state index is 5.77. The topological polar surface area (TPSA) is 63.8 Å². The maximum Gasteiger partial charge on any atom is 0.198 e. The Balaban J connectivity index is 1.53. The molecule has 0 saturated heterocycles. The Morgan fingerprint density at radius 2 is 2.14 bits per heavy atom. The highest BCUT2D eigenvalue weighted by Crippen LogP contribution is 2.40. The van der Waals surface area contributed by atoms with Crippen molar-refractivity contribution in [3.05, 3.63) is 47.9 Å². The predicted octanol–water partition coefficient (Wildman–Crippen LogP) is 3.42. The van der Waals surface area contributed by atoms with E-state index >= 15 is 0 Å². The summed E-state index contributed by atoms with van der Waals surface area (Å²) in [4.78, 5) is 13.1. The number of aromatic nitrogens is 3. The molecular formula is C16H16N4O. The lowest BCUT2D eigenvalue weighted by atomic mass is 10.2. The van der Waals surface area contributed by atoms with Crippen LogP contribution in [0, 0.1) is 6.92 Å². The van der Waals surface area contributed by atoms with Crippen molar-refractivity contribution in [2.75, 3.05) is 5.32 Å². The Bertz CT molecular complexity index is 792. The largest absolute Gasteiger partial charge is 0.440 e. The Hall–Kier alpha value is -2.43. The van der Waals surface area contributed by atoms with E-state index in [1.807, 2.05) is 31.2 Å². The summed E-state index contributed by atoms with van der Waals surface area (Å²) >= 11 is 0. The molecule has 1 aromatic carbocycles. The van der Waals surface area contributed by atoms with Gasteiger partial charge < -0.3 is 9.73 Å². The van der Waals surface area contributed by atoms with Crippen LogP contribution in [0.1, 0.15) is 36.2 Å². The standard InChI is InChI=1S/C16H16N4O/c1-10-17-7-6-13(19-10)9-18-12-4-5-15-14(8-12)20-16(21-15)11-2-3-11/h4-8,11,18H,2-3,9H2,1H3. The van der Waals surface area contributed by atoms with E-state index in [1.165, 1.54) is 12.8 Å². The molecule has 0 unspecified atom stereocenters. The third-order valence-electron chi connectivity index (χ3n) is 3.64. The van der Waals surface area contributed by atoms with E-state index in [0.717, 1.165) is 34.2 Å². The average Bonchev–Trinajstić information content (AvgIpc) is 3.25. The first-order valence-electron chi connectivity index (χ1n) is 7.21. The van der Waals surface area contributed by atoms with Crippen LogP contribution >= 0.6 is 0 Å². The number of hydrogen-bond acceptors (Lipinski definition) is 5. The molecule has 1 aliphatic rings. The summed E-state index contributed by atoms with van der Waals surface area (Å²) in [5.74, 6) is 2.21. The van der Waals surface area contributed by atoms with E-state index in [-0.39, 0.29) is 0 Å². The smallest absolute Gasteiger partial charge is 0.198 e. The normalized spacial score (nSPS) is 14.5. The molecule has 5 nitrogen and oxygen atoms in total. The molecule has 0 radical (unpaired) electrons. The summed E-state index contributed by atoms with van der Waals surface area (Å²) in [5, 5.41) is 3.36. The number of fused-ring (bicyclic) bond motifs is 1. The van der Waals surface area contributed by atoms with Crippen LogP contribution in [-0.4, -0.2) is 15.0 Å². The van der Waals surface area contributed by atoms with Crippen LogP contribution in [-0.2, 0) is 6.54 Å². The van der Waals surface area contributed by atoms with E-state index < -0.39 is 0 Å². The highest BCUT2D eigenvalue weighted by Gasteiger charge is 2.28. The number of rotatable bonds is 4. The van der Waals surface area contributed by atoms with Crippen LogP contribution in [0.3, 0.4) is 0 Å². The summed E-state index contributed by atoms with van der Waals surface area (Å²) < 4.78 is 5.77. The van der Waals surface area contributed by atoms with Crippen molar-refractivity contribution in [3.8, 4) is 0 Å². The Morgan fingerprint density at radius 3 is 2.95 bits per heavy atom. The SMILES string of the molecule is Cc1nccc(CNc2ccc3oc(C4CC4)nc3c2)n1. The Morgan fingerprint density at radius 1 is 1.24 bits per heavy atom. The summed E-state index contributed by atoms with van der Waals surface area (Å²) in [6.07, 6.45) is 4.18. The lowest BCUT2D eigenvalue weighted by Gasteiger charge is -2.05. The molecule has 4 rings (SSSR count). The third kappa shape index (κ3) is 2.59. The van der Waals surface area contributed by atoms with Crippen LogP contribution in [0.2, 0.25) is 0 Å². The van der Waals surface area contributed by atoms with Gasteiger partial charge in [-0.15, -0.1) is 0 Å². The van der Waals surface area contributed by atoms with Crippen LogP contribution < -0.4 is 5.32 Å². The average molecular weight is 280 g/mol. The highest BCUT2D eigenvalue weighted by molar-refractivity contribution is 5.77. The molecule has 0 aliphatic heterocycles. The minimum atomic E-state index is 0.540. The van der Waals surface area contributed by atoms with Gasteiger partial charge in [0.05, 0.1) is 12.2 Å². The van der Waals surface area contributed by atoms with Gasteiger partial charge in [0.15, 0.2) is 11.5 Å². The fraction of sp³-hybridized carbons (Fsp3) is 0.312. The van der Waals surface area contributed by atoms with Crippen LogP contribution in [0.5, 0.6) is 0 Å². The summed E-state index contributed by atoms with van der Waals surface area (Å²) in [6, 6.07) is 7.93. The van der Waals surface area contributed by atoms with E-state index in [1.54, 1.807) is 6.20 Å². The summed E-state index contributed by atoms with van der Waals surface area (Å²) in [6.45, 7) is 2.56. The lowest BCUT2D eigenvalue weighted by Crippen LogP contribution is -2.03. The molecule has 3 aromatic rings. The van der Waals surface area contributed by atoms with Gasteiger partial charge in [-0.2, -0.15) is 0 Å². The monoisotopic (exact) mass is 280 g/mol. The van der Waals surface area contributed by atoms with Gasteiger partial charge in [0.2, 0.25) is 0 Å². The van der Waals surface area contributed by atoms with E-state index in [9.17, 15) is 0 Å². The van der Waals surface area contributed by atoms with E-state index in [4.69, 9.17) is 4.42 Å². The zero-order valence-electron chi connectivity index (χ0n) is 11.8. The number of nitrogens with one attached hydrogen (secondary N) is 1. The van der Waals surface area contributed by atoms with Gasteiger partial charge in [0.25, 0.3) is 0 Å². The molecule has 21 heavy (non-hydrogen) atoms. The van der Waals surface area contributed by atoms with E-state index in [2.05, 4.69) is 20.3 Å². The minimum absolute atomic E-state index is 0.540. The molecule has 2 aromatic heterocycles. The van der Waals surface area contributed by atoms with Crippen molar-refractivity contribution in [1.29, 1.82) is 0 Å². The molecular weight excluding hydrogens is 264 g/mol. The second kappa shape index (κ2) is 4.84. The third-order valence-corrected chi connectivity index (χ3v) is 3.64. The van der Waals surface area contributed by atoms with E-state index in [0.29, 0.717) is 12.5 Å². The van der Waals surface area contributed by atoms with Crippen LogP contribution in [0.15, 0.2) is 34.9 Å². The van der Waals surface area contributed by atoms with Crippen molar-refractivity contribution in [2.45, 2.75) is 32.2 Å². The fourth-order valence-electron chi connectivity index (χ4n) is 2.36. The maximum atomic E-state index is 5.77. The zero-order valence-corrected chi connectivity index (χ0v) is 11.8. The van der Waals surface area contributed by atoms with Gasteiger partial charge in [-0.25, -0.2) is 15.0 Å². The first kappa shape index (κ1) is 12.3. The van der Waals surface area contributed by atoms with Gasteiger partial charge in [0, 0.05) is 17.8 Å². The van der Waals surface area contributed by atoms with Crippen molar-refractivity contribution in [1.82, 2.24) is 15.0 Å². The van der Waals surface area contributed by atoms with Crippen LogP contribution in [0.4, 0.5) is 5.69 Å². The molecule has 0 amide bonds. The summed E-state index contributed by atoms with van der Waals surface area (Å²) in [7, 11) is 0. The number of aryl methyl sites for hydroxylation is 1. The van der Waals surface area contributed by atoms with Crippen molar-refractivity contribution < 1.29 is 4.42 Å². The molecule has 0 atom stereocenters. The lowest BCUT2D eigenvalue weighted by molar-refractivity contribution is 0.533. The quantitative estimate of drug-likeness (QED) is 0.793. The number of hydrogen-bond donors (Lipinski definition) is 1. The Labute approximate surface area is 122 Å². The molecule has 0 spiro atoms. The van der Waals surface area contributed by atoms with Gasteiger partial charge in [-0.1, -0.05) is 0 Å². The Kier molecular flexibility index (Phi) is 2.84. The van der Waals surface area contributed by atoms with Crippen molar-refractivity contribution >= 4 is 16.8 Å². The number of benzene rings is 1. The second-order valence-corrected chi connectivity index (χ2v) is 5.46. The number of anilines is 1. The minimum Gasteiger partial charge on any atom is -0.440 e. The first-order chi connectivity index (χ1) is 10.3. The fourth-order valence-corrected chi connectivity index (χ4v) is 2.36. The summed E-state index contributed by atoms with van der Waals surface area (Å²) in [5.41, 5.74) is 3.77. The van der Waals surface area contributed by atoms with Crippen molar-refractivity contribution in [2.24, 2.45) is 0 Å². The number of nitrogens with zero attached hydrogens (tertiary/aromatic N) is 3. The van der Waals surface area contributed by atoms with Gasteiger partial charge in [0.1, 0.15) is 11.3 Å². The zero-order chi connectivity index (χ0) is 14.2. The second-order valence-electron chi connectivity index (χ2n) is 5.46. The van der Waals surface area contributed by atoms with Gasteiger partial charge in [-0.05, 0) is 44.0 Å². The van der Waals surface area contributed by atoms with Gasteiger partial charge in [-0.3, -0.25) is 0 Å². The molecule has 2 heterocycles. The van der Waals surface area contributed by atoms with Crippen molar-refractivity contribution in [3.63, 3.8) is 0 Å². The number of oxazole rings is 1.